The molecular weight excluding hydrogens is 168 g/mol. The second kappa shape index (κ2) is 7.97. The van der Waals surface area contributed by atoms with Crippen molar-refractivity contribution in [1.29, 1.82) is 0 Å². The topological polar surface area (TPSA) is 84.4 Å². The second-order valence-electron chi connectivity index (χ2n) is 2.99. The Labute approximate surface area is 79.4 Å². The van der Waals surface area contributed by atoms with Crippen LogP contribution in [0.3, 0.4) is 0 Å². The fraction of sp³-hybridized carbons (Fsp3) is 0.875. The molecule has 0 aromatic rings. The Kier molecular flexibility index (Phi) is 7.57. The SMILES string of the molecule is CC(N)=O.NCCN1CCNCC1. The molecule has 1 amide bonds. The predicted octanol–water partition coefficient (Wildman–Crippen LogP) is -1.66. The average molecular weight is 188 g/mol. The van der Waals surface area contributed by atoms with E-state index in [1.54, 1.807) is 0 Å². The minimum atomic E-state index is -0.333. The maximum Gasteiger partial charge on any atom is 0.214 e. The molecule has 1 aliphatic rings. The van der Waals surface area contributed by atoms with Gasteiger partial charge in [-0.2, -0.15) is 0 Å². The molecule has 0 unspecified atom stereocenters. The fourth-order valence-corrected chi connectivity index (χ4v) is 1.12. The van der Waals surface area contributed by atoms with Crippen LogP contribution in [0.25, 0.3) is 0 Å². The van der Waals surface area contributed by atoms with Gasteiger partial charge in [0, 0.05) is 46.2 Å². The zero-order chi connectivity index (χ0) is 10.1. The van der Waals surface area contributed by atoms with E-state index in [1.807, 2.05) is 0 Å². The minimum absolute atomic E-state index is 0.333. The van der Waals surface area contributed by atoms with Crippen molar-refractivity contribution in [2.24, 2.45) is 11.5 Å². The lowest BCUT2D eigenvalue weighted by Crippen LogP contribution is -2.45. The van der Waals surface area contributed by atoms with Gasteiger partial charge < -0.3 is 16.8 Å². The zero-order valence-electron chi connectivity index (χ0n) is 8.25. The smallest absolute Gasteiger partial charge is 0.214 e. The molecule has 0 saturated carbocycles. The Morgan fingerprint density at radius 2 is 1.92 bits per heavy atom. The number of rotatable bonds is 2. The van der Waals surface area contributed by atoms with Crippen molar-refractivity contribution in [3.05, 3.63) is 0 Å². The van der Waals surface area contributed by atoms with Gasteiger partial charge in [-0.1, -0.05) is 0 Å². The molecule has 1 heterocycles. The van der Waals surface area contributed by atoms with Crippen LogP contribution in [-0.2, 0) is 4.79 Å². The summed E-state index contributed by atoms with van der Waals surface area (Å²) < 4.78 is 0. The Morgan fingerprint density at radius 1 is 1.46 bits per heavy atom. The number of nitrogens with zero attached hydrogens (tertiary/aromatic N) is 1. The van der Waals surface area contributed by atoms with Crippen LogP contribution in [0.15, 0.2) is 0 Å². The molecule has 5 nitrogen and oxygen atoms in total. The van der Waals surface area contributed by atoms with E-state index < -0.39 is 0 Å². The lowest BCUT2D eigenvalue weighted by molar-refractivity contribution is -0.115. The average Bonchev–Trinajstić information content (AvgIpc) is 2.06. The molecule has 5 N–H and O–H groups in total. The molecule has 0 bridgehead atoms. The summed E-state index contributed by atoms with van der Waals surface area (Å²) in [6, 6.07) is 0. The highest BCUT2D eigenvalue weighted by atomic mass is 16.1. The van der Waals surface area contributed by atoms with Crippen LogP contribution in [-0.4, -0.2) is 50.1 Å². The summed E-state index contributed by atoms with van der Waals surface area (Å²) in [7, 11) is 0. The highest BCUT2D eigenvalue weighted by molar-refractivity contribution is 5.70. The summed E-state index contributed by atoms with van der Waals surface area (Å²) >= 11 is 0. The van der Waals surface area contributed by atoms with Gasteiger partial charge in [-0.15, -0.1) is 0 Å². The first-order valence-electron chi connectivity index (χ1n) is 4.56. The monoisotopic (exact) mass is 188 g/mol. The molecule has 1 saturated heterocycles. The second-order valence-corrected chi connectivity index (χ2v) is 2.99. The van der Waals surface area contributed by atoms with Gasteiger partial charge in [-0.25, -0.2) is 0 Å². The van der Waals surface area contributed by atoms with E-state index in [2.05, 4.69) is 16.0 Å². The van der Waals surface area contributed by atoms with Gasteiger partial charge in [-0.3, -0.25) is 9.69 Å². The van der Waals surface area contributed by atoms with E-state index in [4.69, 9.17) is 5.73 Å². The number of piperazine rings is 1. The molecule has 1 fully saturated rings. The molecule has 0 aliphatic carbocycles. The summed E-state index contributed by atoms with van der Waals surface area (Å²) in [5.41, 5.74) is 9.87. The number of nitrogens with one attached hydrogen (secondary N) is 1. The molecule has 0 aromatic heterocycles. The summed E-state index contributed by atoms with van der Waals surface area (Å²) in [5.74, 6) is -0.333. The van der Waals surface area contributed by atoms with Crippen LogP contribution >= 0.6 is 0 Å². The molecule has 1 aliphatic heterocycles. The molecule has 0 atom stereocenters. The molecule has 0 radical (unpaired) electrons. The highest BCUT2D eigenvalue weighted by Crippen LogP contribution is 1.88. The van der Waals surface area contributed by atoms with Crippen molar-refractivity contribution < 1.29 is 4.79 Å². The van der Waals surface area contributed by atoms with E-state index in [1.165, 1.54) is 6.92 Å². The van der Waals surface area contributed by atoms with Crippen LogP contribution in [0.1, 0.15) is 6.92 Å². The van der Waals surface area contributed by atoms with Crippen LogP contribution < -0.4 is 16.8 Å². The number of hydrogen-bond acceptors (Lipinski definition) is 4. The molecule has 0 aromatic carbocycles. The van der Waals surface area contributed by atoms with Crippen molar-refractivity contribution in [3.8, 4) is 0 Å². The zero-order valence-corrected chi connectivity index (χ0v) is 8.25. The molecule has 0 spiro atoms. The third-order valence-corrected chi connectivity index (χ3v) is 1.65. The van der Waals surface area contributed by atoms with Gasteiger partial charge in [0.15, 0.2) is 0 Å². The first kappa shape index (κ1) is 12.3. The largest absolute Gasteiger partial charge is 0.370 e. The van der Waals surface area contributed by atoms with Crippen molar-refractivity contribution in [2.75, 3.05) is 39.3 Å². The summed E-state index contributed by atoms with van der Waals surface area (Å²) in [6.07, 6.45) is 0. The number of nitrogens with two attached hydrogens (primary N) is 2. The van der Waals surface area contributed by atoms with E-state index in [0.717, 1.165) is 39.3 Å². The van der Waals surface area contributed by atoms with Gasteiger partial charge in [0.05, 0.1) is 0 Å². The predicted molar refractivity (Wildman–Crippen MR) is 53.2 cm³/mol. The van der Waals surface area contributed by atoms with E-state index in [0.29, 0.717) is 0 Å². The summed E-state index contributed by atoms with van der Waals surface area (Å²) in [4.78, 5) is 11.6. The van der Waals surface area contributed by atoms with Gasteiger partial charge in [0.25, 0.3) is 0 Å². The Morgan fingerprint density at radius 3 is 2.31 bits per heavy atom. The van der Waals surface area contributed by atoms with Crippen LogP contribution in [0.5, 0.6) is 0 Å². The third-order valence-electron chi connectivity index (χ3n) is 1.65. The molecule has 78 valence electrons. The first-order valence-corrected chi connectivity index (χ1v) is 4.56. The quantitative estimate of drug-likeness (QED) is 0.484. The molecule has 5 heteroatoms. The lowest BCUT2D eigenvalue weighted by atomic mass is 10.3. The number of primary amides is 1. The van der Waals surface area contributed by atoms with Crippen LogP contribution in [0, 0.1) is 0 Å². The maximum absolute atomic E-state index is 9.22. The highest BCUT2D eigenvalue weighted by Gasteiger charge is 2.06. The van der Waals surface area contributed by atoms with Crippen LogP contribution in [0.4, 0.5) is 0 Å². The molecule has 1 rings (SSSR count). The number of amides is 1. The van der Waals surface area contributed by atoms with Crippen molar-refractivity contribution in [2.45, 2.75) is 6.92 Å². The maximum atomic E-state index is 9.22. The van der Waals surface area contributed by atoms with Gasteiger partial charge >= 0.3 is 0 Å². The fourth-order valence-electron chi connectivity index (χ4n) is 1.12. The minimum Gasteiger partial charge on any atom is -0.370 e. The van der Waals surface area contributed by atoms with Gasteiger partial charge in [-0.05, 0) is 0 Å². The lowest BCUT2D eigenvalue weighted by Gasteiger charge is -2.26. The summed E-state index contributed by atoms with van der Waals surface area (Å²) in [5, 5.41) is 3.29. The van der Waals surface area contributed by atoms with Crippen molar-refractivity contribution >= 4 is 5.91 Å². The Hall–Kier alpha value is -0.650. The number of carbonyl (C=O) groups is 1. The van der Waals surface area contributed by atoms with Crippen molar-refractivity contribution in [3.63, 3.8) is 0 Å². The summed E-state index contributed by atoms with van der Waals surface area (Å²) in [6.45, 7) is 7.73. The van der Waals surface area contributed by atoms with Crippen molar-refractivity contribution in [1.82, 2.24) is 10.2 Å². The molecule has 13 heavy (non-hydrogen) atoms. The van der Waals surface area contributed by atoms with Gasteiger partial charge in [0.1, 0.15) is 0 Å². The number of hydrogen-bond donors (Lipinski definition) is 3. The first-order chi connectivity index (χ1) is 6.16. The third kappa shape index (κ3) is 9.26. The Balaban J connectivity index is 0.000000310. The normalized spacial score (nSPS) is 17.4. The van der Waals surface area contributed by atoms with E-state index in [9.17, 15) is 4.79 Å². The Bertz CT molecular complexity index is 127. The molecular formula is C8H20N4O. The standard InChI is InChI=1S/C6H15N3.C2H5NO/c7-1-4-9-5-2-8-3-6-9;1-2(3)4/h8H,1-7H2;1H3,(H2,3,4). The number of carbonyl (C=O) groups excluding carboxylic acids is 1. The van der Waals surface area contributed by atoms with E-state index in [-0.39, 0.29) is 5.91 Å². The van der Waals surface area contributed by atoms with Gasteiger partial charge in [0.2, 0.25) is 5.91 Å². The van der Waals surface area contributed by atoms with Crippen LogP contribution in [0.2, 0.25) is 0 Å². The van der Waals surface area contributed by atoms with E-state index >= 15 is 0 Å².